The third-order valence-electron chi connectivity index (χ3n) is 2.04. The number of amides is 1. The third kappa shape index (κ3) is 3.06. The fourth-order valence-electron chi connectivity index (χ4n) is 1.32. The summed E-state index contributed by atoms with van der Waals surface area (Å²) in [5, 5.41) is 15.9. The molecular formula is C10H17N3O2. The molecule has 5 nitrogen and oxygen atoms in total. The van der Waals surface area contributed by atoms with Crippen LogP contribution in [0.25, 0.3) is 0 Å². The van der Waals surface area contributed by atoms with Crippen molar-refractivity contribution in [3.63, 3.8) is 0 Å². The number of aliphatic hydroxyl groups excluding tert-OH is 1. The molecule has 15 heavy (non-hydrogen) atoms. The summed E-state index contributed by atoms with van der Waals surface area (Å²) in [5.41, 5.74) is 1.36. The number of carbonyl (C=O) groups is 1. The highest BCUT2D eigenvalue weighted by Crippen LogP contribution is 2.06. The van der Waals surface area contributed by atoms with Crippen molar-refractivity contribution in [2.24, 2.45) is 7.05 Å². The molecule has 2 N–H and O–H groups in total. The monoisotopic (exact) mass is 211 g/mol. The first-order chi connectivity index (χ1) is 7.04. The zero-order valence-electron chi connectivity index (χ0n) is 9.32. The Labute approximate surface area is 89.1 Å². The van der Waals surface area contributed by atoms with Crippen LogP contribution >= 0.6 is 0 Å². The Kier molecular flexibility index (Phi) is 3.85. The zero-order chi connectivity index (χ0) is 11.4. The van der Waals surface area contributed by atoms with Gasteiger partial charge in [0.15, 0.2) is 0 Å². The van der Waals surface area contributed by atoms with Crippen molar-refractivity contribution in [3.8, 4) is 0 Å². The SMILES string of the molecule is CCc1nn(C)cc1C(=O)NC[C@H](C)O. The predicted octanol–water partition coefficient (Wildman–Crippen LogP) is 0.0931. The van der Waals surface area contributed by atoms with Gasteiger partial charge in [-0.2, -0.15) is 5.10 Å². The van der Waals surface area contributed by atoms with Crippen molar-refractivity contribution >= 4 is 5.91 Å². The van der Waals surface area contributed by atoms with E-state index in [0.29, 0.717) is 5.56 Å². The van der Waals surface area contributed by atoms with Gasteiger partial charge in [-0.3, -0.25) is 9.48 Å². The Morgan fingerprint density at radius 3 is 2.93 bits per heavy atom. The molecule has 0 spiro atoms. The van der Waals surface area contributed by atoms with Crippen LogP contribution in [0.1, 0.15) is 29.9 Å². The maximum atomic E-state index is 11.7. The molecule has 0 saturated heterocycles. The minimum atomic E-state index is -0.532. The highest BCUT2D eigenvalue weighted by Gasteiger charge is 2.13. The lowest BCUT2D eigenvalue weighted by Gasteiger charge is -2.06. The summed E-state index contributed by atoms with van der Waals surface area (Å²) in [7, 11) is 1.78. The smallest absolute Gasteiger partial charge is 0.254 e. The van der Waals surface area contributed by atoms with E-state index in [4.69, 9.17) is 5.11 Å². The maximum absolute atomic E-state index is 11.7. The van der Waals surface area contributed by atoms with Crippen LogP contribution in [0, 0.1) is 0 Å². The van der Waals surface area contributed by atoms with Crippen LogP contribution in [0.15, 0.2) is 6.20 Å². The molecule has 0 saturated carbocycles. The second-order valence-electron chi connectivity index (χ2n) is 3.58. The van der Waals surface area contributed by atoms with E-state index in [9.17, 15) is 4.79 Å². The molecule has 0 aromatic carbocycles. The Morgan fingerprint density at radius 1 is 1.73 bits per heavy atom. The summed E-state index contributed by atoms with van der Waals surface area (Å²) >= 11 is 0. The Hall–Kier alpha value is -1.36. The Bertz CT molecular complexity index is 344. The molecule has 0 aliphatic carbocycles. The van der Waals surface area contributed by atoms with Crippen LogP contribution in [-0.4, -0.2) is 33.4 Å². The van der Waals surface area contributed by atoms with Crippen molar-refractivity contribution in [1.82, 2.24) is 15.1 Å². The summed E-state index contributed by atoms with van der Waals surface area (Å²) < 4.78 is 1.62. The van der Waals surface area contributed by atoms with Gasteiger partial charge in [0.2, 0.25) is 0 Å². The number of rotatable bonds is 4. The number of aromatic nitrogens is 2. The fraction of sp³-hybridized carbons (Fsp3) is 0.600. The molecule has 0 aliphatic heterocycles. The van der Waals surface area contributed by atoms with E-state index in [-0.39, 0.29) is 12.5 Å². The average molecular weight is 211 g/mol. The highest BCUT2D eigenvalue weighted by atomic mass is 16.3. The van der Waals surface area contributed by atoms with Gasteiger partial charge in [0.25, 0.3) is 5.91 Å². The van der Waals surface area contributed by atoms with E-state index in [0.717, 1.165) is 12.1 Å². The number of aryl methyl sites for hydroxylation is 2. The van der Waals surface area contributed by atoms with E-state index in [1.807, 2.05) is 6.92 Å². The van der Waals surface area contributed by atoms with Crippen LogP contribution in [0.4, 0.5) is 0 Å². The molecule has 1 heterocycles. The molecule has 0 aliphatic rings. The zero-order valence-corrected chi connectivity index (χ0v) is 9.32. The quantitative estimate of drug-likeness (QED) is 0.742. The molecular weight excluding hydrogens is 194 g/mol. The molecule has 0 fully saturated rings. The van der Waals surface area contributed by atoms with Crippen molar-refractivity contribution in [2.75, 3.05) is 6.54 Å². The number of nitrogens with zero attached hydrogens (tertiary/aromatic N) is 2. The van der Waals surface area contributed by atoms with Crippen molar-refractivity contribution in [3.05, 3.63) is 17.5 Å². The molecule has 0 radical (unpaired) electrons. The van der Waals surface area contributed by atoms with Crippen molar-refractivity contribution in [1.29, 1.82) is 0 Å². The molecule has 1 aromatic rings. The molecule has 1 aromatic heterocycles. The Balaban J connectivity index is 2.72. The van der Waals surface area contributed by atoms with Gasteiger partial charge in [-0.1, -0.05) is 6.92 Å². The number of aliphatic hydroxyl groups is 1. The average Bonchev–Trinajstić information content (AvgIpc) is 2.56. The van der Waals surface area contributed by atoms with E-state index >= 15 is 0 Å². The minimum absolute atomic E-state index is 0.180. The third-order valence-corrected chi connectivity index (χ3v) is 2.04. The van der Waals surface area contributed by atoms with Gasteiger partial charge >= 0.3 is 0 Å². The van der Waals surface area contributed by atoms with Gasteiger partial charge < -0.3 is 10.4 Å². The standard InChI is InChI=1S/C10H17N3O2/c1-4-9-8(6-13(3)12-9)10(15)11-5-7(2)14/h6-7,14H,4-5H2,1-3H3,(H,11,15)/t7-/m0/s1. The van der Waals surface area contributed by atoms with Crippen LogP contribution < -0.4 is 5.32 Å². The first kappa shape index (κ1) is 11.7. The summed E-state index contributed by atoms with van der Waals surface area (Å²) in [4.78, 5) is 11.7. The summed E-state index contributed by atoms with van der Waals surface area (Å²) in [6.07, 6.45) is 1.88. The van der Waals surface area contributed by atoms with Gasteiger partial charge in [-0.05, 0) is 13.3 Å². The van der Waals surface area contributed by atoms with E-state index < -0.39 is 6.10 Å². The second-order valence-corrected chi connectivity index (χ2v) is 3.58. The lowest BCUT2D eigenvalue weighted by molar-refractivity contribution is 0.0923. The van der Waals surface area contributed by atoms with Crippen LogP contribution in [-0.2, 0) is 13.5 Å². The van der Waals surface area contributed by atoms with Crippen molar-refractivity contribution in [2.45, 2.75) is 26.4 Å². The van der Waals surface area contributed by atoms with E-state index in [1.54, 1.807) is 24.9 Å². The van der Waals surface area contributed by atoms with Gasteiger partial charge in [-0.25, -0.2) is 0 Å². The molecule has 1 amide bonds. The highest BCUT2D eigenvalue weighted by molar-refractivity contribution is 5.95. The lowest BCUT2D eigenvalue weighted by atomic mass is 10.2. The number of hydrogen-bond donors (Lipinski definition) is 2. The summed E-state index contributed by atoms with van der Waals surface area (Å²) in [5.74, 6) is -0.180. The number of carbonyl (C=O) groups excluding carboxylic acids is 1. The van der Waals surface area contributed by atoms with Crippen LogP contribution in [0.5, 0.6) is 0 Å². The Morgan fingerprint density at radius 2 is 2.40 bits per heavy atom. The van der Waals surface area contributed by atoms with Gasteiger partial charge in [0.05, 0.1) is 17.4 Å². The normalized spacial score (nSPS) is 12.5. The van der Waals surface area contributed by atoms with Gasteiger partial charge in [-0.15, -0.1) is 0 Å². The molecule has 0 unspecified atom stereocenters. The molecule has 1 rings (SSSR count). The summed E-state index contributed by atoms with van der Waals surface area (Å²) in [6, 6.07) is 0. The molecule has 84 valence electrons. The first-order valence-electron chi connectivity index (χ1n) is 5.03. The maximum Gasteiger partial charge on any atom is 0.254 e. The second kappa shape index (κ2) is 4.93. The summed E-state index contributed by atoms with van der Waals surface area (Å²) in [6.45, 7) is 3.84. The number of hydrogen-bond acceptors (Lipinski definition) is 3. The first-order valence-corrected chi connectivity index (χ1v) is 5.03. The van der Waals surface area contributed by atoms with Crippen LogP contribution in [0.3, 0.4) is 0 Å². The number of nitrogens with one attached hydrogen (secondary N) is 1. The molecule has 0 bridgehead atoms. The van der Waals surface area contributed by atoms with E-state index in [2.05, 4.69) is 10.4 Å². The fourth-order valence-corrected chi connectivity index (χ4v) is 1.32. The topological polar surface area (TPSA) is 67.2 Å². The van der Waals surface area contributed by atoms with Gasteiger partial charge in [0.1, 0.15) is 0 Å². The van der Waals surface area contributed by atoms with Crippen molar-refractivity contribution < 1.29 is 9.90 Å². The lowest BCUT2D eigenvalue weighted by Crippen LogP contribution is -2.30. The van der Waals surface area contributed by atoms with E-state index in [1.165, 1.54) is 0 Å². The minimum Gasteiger partial charge on any atom is -0.392 e. The van der Waals surface area contributed by atoms with Crippen LogP contribution in [0.2, 0.25) is 0 Å². The predicted molar refractivity (Wildman–Crippen MR) is 56.6 cm³/mol. The molecule has 5 heteroatoms. The van der Waals surface area contributed by atoms with Gasteiger partial charge in [0, 0.05) is 19.8 Å². The molecule has 1 atom stereocenters. The largest absolute Gasteiger partial charge is 0.392 e.